The third kappa shape index (κ3) is 3.50. The van der Waals surface area contributed by atoms with Crippen LogP contribution in [0.3, 0.4) is 0 Å². The van der Waals surface area contributed by atoms with E-state index in [-0.39, 0.29) is 12.0 Å². The topological polar surface area (TPSA) is 23.5 Å². The molecule has 0 spiro atoms. The van der Waals surface area contributed by atoms with E-state index in [1.165, 1.54) is 17.9 Å². The average molecular weight is 265 g/mol. The van der Waals surface area contributed by atoms with Crippen molar-refractivity contribution in [2.45, 2.75) is 25.5 Å². The zero-order chi connectivity index (χ0) is 13.0. The number of nitrogens with zero attached hydrogens (tertiary/aromatic N) is 1. The Labute approximate surface area is 114 Å². The molecular weight excluding hydrogens is 242 g/mol. The normalized spacial score (nSPS) is 23.2. The Kier molecular flexibility index (Phi) is 5.10. The molecule has 2 nitrogen and oxygen atoms in total. The first-order valence-electron chi connectivity index (χ1n) is 6.69. The zero-order valence-electron chi connectivity index (χ0n) is 11.2. The van der Waals surface area contributed by atoms with Crippen LogP contribution in [0.2, 0.25) is 0 Å². The van der Waals surface area contributed by atoms with Crippen molar-refractivity contribution >= 4 is 11.8 Å². The summed E-state index contributed by atoms with van der Waals surface area (Å²) < 4.78 is 0. The summed E-state index contributed by atoms with van der Waals surface area (Å²) in [6.07, 6.45) is 0.928. The van der Waals surface area contributed by atoms with Crippen molar-refractivity contribution in [2.24, 2.45) is 5.92 Å². The fraction of sp³-hybridized carbons (Fsp3) is 0.600. The second-order valence-corrected chi connectivity index (χ2v) is 6.44. The maximum Gasteiger partial charge on any atom is 0.0827 e. The molecule has 0 amide bonds. The molecule has 3 atom stereocenters. The minimum Gasteiger partial charge on any atom is -0.388 e. The maximum absolute atomic E-state index is 10.3. The summed E-state index contributed by atoms with van der Waals surface area (Å²) in [6.45, 7) is 3.09. The second-order valence-electron chi connectivity index (χ2n) is 5.29. The zero-order valence-corrected chi connectivity index (χ0v) is 12.1. The quantitative estimate of drug-likeness (QED) is 0.885. The number of hydrogen-bond donors (Lipinski definition) is 1. The summed E-state index contributed by atoms with van der Waals surface area (Å²) in [5, 5.41) is 10.3. The summed E-state index contributed by atoms with van der Waals surface area (Å²) in [7, 11) is 2.19. The van der Waals surface area contributed by atoms with Crippen LogP contribution in [0.25, 0.3) is 0 Å². The first kappa shape index (κ1) is 13.9. The lowest BCUT2D eigenvalue weighted by atomic mass is 9.96. The van der Waals surface area contributed by atoms with Crippen LogP contribution in [0.4, 0.5) is 0 Å². The highest BCUT2D eigenvalue weighted by Gasteiger charge is 2.24. The van der Waals surface area contributed by atoms with Crippen molar-refractivity contribution in [1.82, 2.24) is 4.90 Å². The van der Waals surface area contributed by atoms with E-state index in [9.17, 15) is 5.11 Å². The van der Waals surface area contributed by atoms with E-state index in [2.05, 4.69) is 18.9 Å². The summed E-state index contributed by atoms with van der Waals surface area (Å²) in [5.41, 5.74) is 1.03. The molecule has 3 unspecified atom stereocenters. The van der Waals surface area contributed by atoms with Crippen molar-refractivity contribution in [2.75, 3.05) is 25.1 Å². The largest absolute Gasteiger partial charge is 0.388 e. The molecule has 18 heavy (non-hydrogen) atoms. The highest BCUT2D eigenvalue weighted by atomic mass is 32.2. The molecule has 1 aromatic carbocycles. The van der Waals surface area contributed by atoms with Crippen LogP contribution in [-0.2, 0) is 0 Å². The molecule has 100 valence electrons. The third-order valence-electron chi connectivity index (χ3n) is 3.79. The standard InChI is InChI=1S/C15H23NOS/c1-12(10-16(2)14-8-9-18-11-14)15(17)13-6-4-3-5-7-13/h3-7,12,14-15,17H,8-11H2,1-2H3. The van der Waals surface area contributed by atoms with Gasteiger partial charge in [0.05, 0.1) is 6.10 Å². The summed E-state index contributed by atoms with van der Waals surface area (Å²) in [5.74, 6) is 2.79. The number of aliphatic hydroxyl groups is 1. The highest BCUT2D eigenvalue weighted by Crippen LogP contribution is 2.26. The molecule has 0 saturated carbocycles. The molecular formula is C15H23NOS. The van der Waals surface area contributed by atoms with E-state index in [0.29, 0.717) is 6.04 Å². The lowest BCUT2D eigenvalue weighted by molar-refractivity contribution is 0.0865. The van der Waals surface area contributed by atoms with Gasteiger partial charge in [0.15, 0.2) is 0 Å². The van der Waals surface area contributed by atoms with E-state index in [4.69, 9.17) is 0 Å². The van der Waals surface area contributed by atoms with Crippen LogP contribution in [0.15, 0.2) is 30.3 Å². The van der Waals surface area contributed by atoms with Gasteiger partial charge in [-0.05, 0) is 30.7 Å². The Morgan fingerprint density at radius 3 is 2.72 bits per heavy atom. The van der Waals surface area contributed by atoms with Gasteiger partial charge in [-0.15, -0.1) is 0 Å². The van der Waals surface area contributed by atoms with E-state index in [1.54, 1.807) is 0 Å². The molecule has 1 heterocycles. The van der Waals surface area contributed by atoms with E-state index in [0.717, 1.165) is 12.1 Å². The molecule has 0 radical (unpaired) electrons. The maximum atomic E-state index is 10.3. The second kappa shape index (κ2) is 6.60. The summed E-state index contributed by atoms with van der Waals surface area (Å²) in [4.78, 5) is 2.41. The molecule has 3 heteroatoms. The summed E-state index contributed by atoms with van der Waals surface area (Å²) >= 11 is 2.04. The van der Waals surface area contributed by atoms with Gasteiger partial charge in [0.25, 0.3) is 0 Å². The van der Waals surface area contributed by atoms with Gasteiger partial charge < -0.3 is 10.0 Å². The van der Waals surface area contributed by atoms with Crippen molar-refractivity contribution in [3.63, 3.8) is 0 Å². The van der Waals surface area contributed by atoms with Crippen molar-refractivity contribution in [3.8, 4) is 0 Å². The molecule has 1 aromatic rings. The lowest BCUT2D eigenvalue weighted by Crippen LogP contribution is -2.36. The highest BCUT2D eigenvalue weighted by molar-refractivity contribution is 7.99. The number of hydrogen-bond acceptors (Lipinski definition) is 3. The fourth-order valence-corrected chi connectivity index (χ4v) is 3.85. The van der Waals surface area contributed by atoms with Gasteiger partial charge in [-0.25, -0.2) is 0 Å². The van der Waals surface area contributed by atoms with Crippen LogP contribution in [-0.4, -0.2) is 41.1 Å². The number of thioether (sulfide) groups is 1. The van der Waals surface area contributed by atoms with Gasteiger partial charge in [0, 0.05) is 18.3 Å². The Balaban J connectivity index is 1.88. The number of aliphatic hydroxyl groups excluding tert-OH is 1. The Morgan fingerprint density at radius 1 is 1.39 bits per heavy atom. The molecule has 1 aliphatic rings. The van der Waals surface area contributed by atoms with Crippen LogP contribution in [0.1, 0.15) is 25.0 Å². The Hall–Kier alpha value is -0.510. The minimum absolute atomic E-state index is 0.267. The molecule has 0 bridgehead atoms. The molecule has 0 aliphatic carbocycles. The molecule has 2 rings (SSSR count). The van der Waals surface area contributed by atoms with Crippen LogP contribution >= 0.6 is 11.8 Å². The van der Waals surface area contributed by atoms with Crippen LogP contribution < -0.4 is 0 Å². The predicted octanol–water partition coefficient (Wildman–Crippen LogP) is 2.79. The molecule has 1 saturated heterocycles. The van der Waals surface area contributed by atoms with Crippen molar-refractivity contribution in [1.29, 1.82) is 0 Å². The van der Waals surface area contributed by atoms with Gasteiger partial charge in [0.2, 0.25) is 0 Å². The van der Waals surface area contributed by atoms with Gasteiger partial charge >= 0.3 is 0 Å². The monoisotopic (exact) mass is 265 g/mol. The van der Waals surface area contributed by atoms with Gasteiger partial charge in [-0.1, -0.05) is 37.3 Å². The first-order valence-corrected chi connectivity index (χ1v) is 7.85. The summed E-state index contributed by atoms with van der Waals surface area (Å²) in [6, 6.07) is 10.7. The van der Waals surface area contributed by atoms with Crippen LogP contribution in [0, 0.1) is 5.92 Å². The molecule has 1 fully saturated rings. The van der Waals surface area contributed by atoms with Gasteiger partial charge in [0.1, 0.15) is 0 Å². The third-order valence-corrected chi connectivity index (χ3v) is 4.93. The van der Waals surface area contributed by atoms with Gasteiger partial charge in [-0.3, -0.25) is 0 Å². The number of rotatable bonds is 5. The SMILES string of the molecule is CC(CN(C)C1CCSC1)C(O)c1ccccc1. The molecule has 1 aliphatic heterocycles. The van der Waals surface area contributed by atoms with Gasteiger partial charge in [-0.2, -0.15) is 11.8 Å². The average Bonchev–Trinajstić information content (AvgIpc) is 2.92. The van der Waals surface area contributed by atoms with Crippen molar-refractivity contribution < 1.29 is 5.11 Å². The number of benzene rings is 1. The van der Waals surface area contributed by atoms with E-state index in [1.807, 2.05) is 42.1 Å². The Morgan fingerprint density at radius 2 is 2.11 bits per heavy atom. The molecule has 0 aromatic heterocycles. The Bertz CT molecular complexity index is 351. The fourth-order valence-electron chi connectivity index (χ4n) is 2.55. The first-order chi connectivity index (χ1) is 8.68. The van der Waals surface area contributed by atoms with E-state index < -0.39 is 0 Å². The smallest absolute Gasteiger partial charge is 0.0827 e. The van der Waals surface area contributed by atoms with Crippen LogP contribution in [0.5, 0.6) is 0 Å². The van der Waals surface area contributed by atoms with Crippen molar-refractivity contribution in [3.05, 3.63) is 35.9 Å². The lowest BCUT2D eigenvalue weighted by Gasteiger charge is -2.29. The minimum atomic E-state index is -0.359. The van der Waals surface area contributed by atoms with E-state index >= 15 is 0 Å². The molecule has 1 N–H and O–H groups in total. The predicted molar refractivity (Wildman–Crippen MR) is 78.9 cm³/mol.